The SMILES string of the molecule is CC1CC(C)(C)N(C)c2ccc(/C=C(/C#N)C(=O)Nc3ccc(F)cc3)cc21. The van der Waals surface area contributed by atoms with Crippen LogP contribution in [0.25, 0.3) is 6.08 Å². The summed E-state index contributed by atoms with van der Waals surface area (Å²) < 4.78 is 13.0. The van der Waals surface area contributed by atoms with Gasteiger partial charge in [-0.25, -0.2) is 4.39 Å². The fourth-order valence-corrected chi connectivity index (χ4v) is 3.73. The fourth-order valence-electron chi connectivity index (χ4n) is 3.73. The number of anilines is 2. The number of nitriles is 1. The van der Waals surface area contributed by atoms with Gasteiger partial charge in [-0.3, -0.25) is 4.79 Å². The number of rotatable bonds is 3. The zero-order chi connectivity index (χ0) is 20.5. The Labute approximate surface area is 165 Å². The quantitative estimate of drug-likeness (QED) is 0.598. The number of nitrogens with zero attached hydrogens (tertiary/aromatic N) is 2. The highest BCUT2D eigenvalue weighted by molar-refractivity contribution is 6.09. The van der Waals surface area contributed by atoms with Crippen LogP contribution < -0.4 is 10.2 Å². The van der Waals surface area contributed by atoms with E-state index in [9.17, 15) is 14.4 Å². The van der Waals surface area contributed by atoms with Crippen molar-refractivity contribution < 1.29 is 9.18 Å². The Morgan fingerprint density at radius 2 is 1.96 bits per heavy atom. The van der Waals surface area contributed by atoms with Gasteiger partial charge in [0.05, 0.1) is 0 Å². The first-order valence-corrected chi connectivity index (χ1v) is 9.28. The number of benzene rings is 2. The maximum atomic E-state index is 13.0. The van der Waals surface area contributed by atoms with E-state index in [0.717, 1.165) is 12.0 Å². The Kier molecular flexibility index (Phi) is 5.24. The van der Waals surface area contributed by atoms with E-state index in [1.165, 1.54) is 35.5 Å². The van der Waals surface area contributed by atoms with Gasteiger partial charge in [-0.2, -0.15) is 5.26 Å². The molecule has 0 spiro atoms. The van der Waals surface area contributed by atoms with Gasteiger partial charge >= 0.3 is 0 Å². The Hall–Kier alpha value is -3.13. The average molecular weight is 377 g/mol. The van der Waals surface area contributed by atoms with E-state index < -0.39 is 5.91 Å². The summed E-state index contributed by atoms with van der Waals surface area (Å²) in [5.74, 6) is -0.517. The lowest BCUT2D eigenvalue weighted by Gasteiger charge is -2.45. The van der Waals surface area contributed by atoms with Crippen LogP contribution in [0, 0.1) is 17.1 Å². The maximum Gasteiger partial charge on any atom is 0.266 e. The van der Waals surface area contributed by atoms with Crippen LogP contribution in [0.15, 0.2) is 48.0 Å². The average Bonchev–Trinajstić information content (AvgIpc) is 2.65. The number of nitrogens with one attached hydrogen (secondary N) is 1. The molecular weight excluding hydrogens is 353 g/mol. The maximum absolute atomic E-state index is 13.0. The van der Waals surface area contributed by atoms with Gasteiger partial charge in [-0.15, -0.1) is 0 Å². The van der Waals surface area contributed by atoms with E-state index in [4.69, 9.17) is 0 Å². The topological polar surface area (TPSA) is 56.1 Å². The first-order valence-electron chi connectivity index (χ1n) is 9.28. The molecule has 2 aromatic carbocycles. The number of hydrogen-bond acceptors (Lipinski definition) is 3. The lowest BCUT2D eigenvalue weighted by molar-refractivity contribution is -0.112. The van der Waals surface area contributed by atoms with E-state index in [0.29, 0.717) is 11.6 Å². The van der Waals surface area contributed by atoms with Gasteiger partial charge < -0.3 is 10.2 Å². The van der Waals surface area contributed by atoms with Gasteiger partial charge in [-0.05, 0) is 79.8 Å². The molecule has 2 aromatic rings. The second kappa shape index (κ2) is 7.47. The standard InChI is InChI=1S/C23H24FN3O/c1-15-13-23(2,3)27(4)21-10-5-16(12-20(15)21)11-17(14-25)22(28)26-19-8-6-18(24)7-9-19/h5-12,15H,13H2,1-4H3,(H,26,28)/b17-11-. The molecule has 0 saturated carbocycles. The molecule has 1 amide bonds. The molecule has 1 atom stereocenters. The molecule has 1 unspecified atom stereocenters. The van der Waals surface area contributed by atoms with Gasteiger partial charge in [0.2, 0.25) is 0 Å². The van der Waals surface area contributed by atoms with Crippen LogP contribution in [0.3, 0.4) is 0 Å². The van der Waals surface area contributed by atoms with E-state index in [1.807, 2.05) is 24.3 Å². The van der Waals surface area contributed by atoms with Crippen LogP contribution in [0.1, 0.15) is 44.2 Å². The van der Waals surface area contributed by atoms with Crippen LogP contribution in [0.2, 0.25) is 0 Å². The number of carbonyl (C=O) groups is 1. The minimum absolute atomic E-state index is 0.00132. The van der Waals surface area contributed by atoms with Gasteiger partial charge in [0, 0.05) is 24.0 Å². The fraction of sp³-hybridized carbons (Fsp3) is 0.304. The van der Waals surface area contributed by atoms with Crippen LogP contribution >= 0.6 is 0 Å². The summed E-state index contributed by atoms with van der Waals surface area (Å²) in [5.41, 5.74) is 3.72. The molecule has 0 fully saturated rings. The summed E-state index contributed by atoms with van der Waals surface area (Å²) in [6.45, 7) is 6.66. The largest absolute Gasteiger partial charge is 0.369 e. The molecular formula is C23H24FN3O. The van der Waals surface area contributed by atoms with Gasteiger partial charge in [-0.1, -0.05) is 13.0 Å². The van der Waals surface area contributed by atoms with Crippen molar-refractivity contribution in [3.63, 3.8) is 0 Å². The Balaban J connectivity index is 1.87. The molecule has 0 radical (unpaired) electrons. The number of amides is 1. The highest BCUT2D eigenvalue weighted by atomic mass is 19.1. The van der Waals surface area contributed by atoms with Crippen molar-refractivity contribution in [2.75, 3.05) is 17.3 Å². The van der Waals surface area contributed by atoms with E-state index in [-0.39, 0.29) is 16.9 Å². The van der Waals surface area contributed by atoms with Crippen molar-refractivity contribution in [2.24, 2.45) is 0 Å². The first kappa shape index (κ1) is 19.6. The minimum atomic E-state index is -0.516. The van der Waals surface area contributed by atoms with Gasteiger partial charge in [0.1, 0.15) is 17.5 Å². The van der Waals surface area contributed by atoms with E-state index in [2.05, 4.69) is 38.0 Å². The zero-order valence-corrected chi connectivity index (χ0v) is 16.6. The summed E-state index contributed by atoms with van der Waals surface area (Å²) >= 11 is 0. The van der Waals surface area contributed by atoms with Crippen molar-refractivity contribution in [3.8, 4) is 6.07 Å². The molecule has 28 heavy (non-hydrogen) atoms. The highest BCUT2D eigenvalue weighted by Crippen LogP contribution is 2.42. The third-order valence-corrected chi connectivity index (χ3v) is 5.44. The molecule has 4 nitrogen and oxygen atoms in total. The summed E-state index contributed by atoms with van der Waals surface area (Å²) in [4.78, 5) is 14.7. The molecule has 1 N–H and O–H groups in total. The number of hydrogen-bond donors (Lipinski definition) is 1. The summed E-state index contributed by atoms with van der Waals surface area (Å²) in [5, 5.41) is 12.1. The summed E-state index contributed by atoms with van der Waals surface area (Å²) in [7, 11) is 2.09. The zero-order valence-electron chi connectivity index (χ0n) is 16.6. The van der Waals surface area contributed by atoms with Gasteiger partial charge in [0.25, 0.3) is 5.91 Å². The smallest absolute Gasteiger partial charge is 0.266 e. The molecule has 0 saturated heterocycles. The van der Waals surface area contributed by atoms with Gasteiger partial charge in [0.15, 0.2) is 0 Å². The molecule has 0 bridgehead atoms. The molecule has 1 aliphatic rings. The van der Waals surface area contributed by atoms with Crippen LogP contribution in [-0.4, -0.2) is 18.5 Å². The van der Waals surface area contributed by atoms with Crippen LogP contribution in [0.4, 0.5) is 15.8 Å². The Morgan fingerprint density at radius 1 is 1.29 bits per heavy atom. The molecule has 1 heterocycles. The lowest BCUT2D eigenvalue weighted by Crippen LogP contribution is -2.45. The normalized spacial score (nSPS) is 18.2. The molecule has 144 valence electrons. The molecule has 0 aliphatic carbocycles. The molecule has 5 heteroatoms. The highest BCUT2D eigenvalue weighted by Gasteiger charge is 2.33. The van der Waals surface area contributed by atoms with Crippen molar-refractivity contribution in [3.05, 3.63) is 65.0 Å². The predicted octanol–water partition coefficient (Wildman–Crippen LogP) is 5.09. The van der Waals surface area contributed by atoms with Crippen LogP contribution in [-0.2, 0) is 4.79 Å². The number of halogens is 1. The number of carbonyl (C=O) groups excluding carboxylic acids is 1. The van der Waals surface area contributed by atoms with E-state index in [1.54, 1.807) is 6.08 Å². The third-order valence-electron chi connectivity index (χ3n) is 5.44. The third kappa shape index (κ3) is 3.91. The Bertz CT molecular complexity index is 970. The number of fused-ring (bicyclic) bond motifs is 1. The summed E-state index contributed by atoms with van der Waals surface area (Å²) in [6.07, 6.45) is 2.62. The van der Waals surface area contributed by atoms with E-state index >= 15 is 0 Å². The molecule has 1 aliphatic heterocycles. The molecule has 0 aromatic heterocycles. The Morgan fingerprint density at radius 3 is 2.61 bits per heavy atom. The first-order chi connectivity index (χ1) is 13.2. The lowest BCUT2D eigenvalue weighted by atomic mass is 9.80. The van der Waals surface area contributed by atoms with Crippen molar-refractivity contribution in [2.45, 2.75) is 38.6 Å². The minimum Gasteiger partial charge on any atom is -0.369 e. The second-order valence-electron chi connectivity index (χ2n) is 7.93. The van der Waals surface area contributed by atoms with Crippen molar-refractivity contribution in [1.82, 2.24) is 0 Å². The predicted molar refractivity (Wildman–Crippen MR) is 111 cm³/mol. The van der Waals surface area contributed by atoms with Crippen molar-refractivity contribution >= 4 is 23.4 Å². The second-order valence-corrected chi connectivity index (χ2v) is 7.93. The summed E-state index contributed by atoms with van der Waals surface area (Å²) in [6, 6.07) is 13.4. The van der Waals surface area contributed by atoms with Crippen LogP contribution in [0.5, 0.6) is 0 Å². The monoisotopic (exact) mass is 377 g/mol. The molecule has 3 rings (SSSR count). The van der Waals surface area contributed by atoms with Crippen molar-refractivity contribution in [1.29, 1.82) is 5.26 Å².